The number of nitrogens with one attached hydrogen (secondary N) is 1. The van der Waals surface area contributed by atoms with Crippen LogP contribution in [0, 0.1) is 0 Å². The molecule has 2 heterocycles. The van der Waals surface area contributed by atoms with Gasteiger partial charge in [-0.3, -0.25) is 9.78 Å². The average molecular weight is 288 g/mol. The zero-order valence-electron chi connectivity index (χ0n) is 10.4. The molecule has 2 aromatic rings. The van der Waals surface area contributed by atoms with E-state index in [1.807, 2.05) is 17.5 Å². The van der Waals surface area contributed by atoms with E-state index in [1.165, 1.54) is 12.3 Å². The first kappa shape index (κ1) is 14.0. The van der Waals surface area contributed by atoms with Gasteiger partial charge in [0.05, 0.1) is 6.54 Å². The third-order valence-corrected chi connectivity index (χ3v) is 3.32. The Kier molecular flexibility index (Phi) is 4.62. The lowest BCUT2D eigenvalue weighted by molar-refractivity contribution is -0.131. The minimum Gasteiger partial charge on any atom is -0.478 e. The Bertz CT molecular complexity index is 618. The van der Waals surface area contributed by atoms with Gasteiger partial charge in [0.25, 0.3) is 5.91 Å². The van der Waals surface area contributed by atoms with Crippen molar-refractivity contribution in [3.05, 3.63) is 58.1 Å². The molecule has 2 rings (SSSR count). The zero-order valence-corrected chi connectivity index (χ0v) is 11.3. The number of hydrogen-bond donors (Lipinski definition) is 2. The van der Waals surface area contributed by atoms with Crippen molar-refractivity contribution in [2.75, 3.05) is 0 Å². The Morgan fingerprint density at radius 2 is 2.20 bits per heavy atom. The highest BCUT2D eigenvalue weighted by atomic mass is 32.1. The fourth-order valence-corrected chi connectivity index (χ4v) is 2.12. The van der Waals surface area contributed by atoms with E-state index in [9.17, 15) is 9.59 Å². The summed E-state index contributed by atoms with van der Waals surface area (Å²) < 4.78 is 0. The summed E-state index contributed by atoms with van der Waals surface area (Å²) in [5.41, 5.74) is 0.927. The maximum atomic E-state index is 11.8. The number of thiophene rings is 1. The van der Waals surface area contributed by atoms with Crippen LogP contribution in [0.3, 0.4) is 0 Å². The summed E-state index contributed by atoms with van der Waals surface area (Å²) in [6.07, 6.45) is 3.90. The molecule has 2 aromatic heterocycles. The standard InChI is InChI=1S/C14H12N2O3S/c17-13(18)6-4-10-3-5-12(15-8-10)14(19)16-9-11-2-1-7-20-11/h1-8H,9H2,(H,16,19)(H,17,18). The lowest BCUT2D eigenvalue weighted by Gasteiger charge is -2.03. The van der Waals surface area contributed by atoms with Gasteiger partial charge in [0.2, 0.25) is 0 Å². The van der Waals surface area contributed by atoms with Gasteiger partial charge >= 0.3 is 5.97 Å². The first-order valence-electron chi connectivity index (χ1n) is 5.83. The molecule has 0 aliphatic heterocycles. The number of nitrogens with zero attached hydrogens (tertiary/aromatic N) is 1. The number of carbonyl (C=O) groups is 2. The molecular formula is C14H12N2O3S. The second-order valence-corrected chi connectivity index (χ2v) is 4.94. The smallest absolute Gasteiger partial charge is 0.328 e. The van der Waals surface area contributed by atoms with Crippen molar-refractivity contribution in [3.8, 4) is 0 Å². The fraction of sp³-hybridized carbons (Fsp3) is 0.0714. The molecular weight excluding hydrogens is 276 g/mol. The number of amides is 1. The number of carbonyl (C=O) groups excluding carboxylic acids is 1. The van der Waals surface area contributed by atoms with Crippen molar-refractivity contribution in [1.82, 2.24) is 10.3 Å². The lowest BCUT2D eigenvalue weighted by Crippen LogP contribution is -2.23. The summed E-state index contributed by atoms with van der Waals surface area (Å²) in [7, 11) is 0. The highest BCUT2D eigenvalue weighted by Crippen LogP contribution is 2.08. The molecule has 0 aliphatic carbocycles. The van der Waals surface area contributed by atoms with Crippen LogP contribution in [0.4, 0.5) is 0 Å². The summed E-state index contributed by atoms with van der Waals surface area (Å²) in [4.78, 5) is 27.3. The first-order valence-corrected chi connectivity index (χ1v) is 6.71. The zero-order chi connectivity index (χ0) is 14.4. The minimum atomic E-state index is -1.03. The van der Waals surface area contributed by atoms with Gasteiger partial charge in [-0.15, -0.1) is 11.3 Å². The molecule has 5 nitrogen and oxygen atoms in total. The summed E-state index contributed by atoms with van der Waals surface area (Å²) in [6.45, 7) is 0.471. The highest BCUT2D eigenvalue weighted by Gasteiger charge is 2.06. The molecule has 102 valence electrons. The molecule has 6 heteroatoms. The predicted molar refractivity (Wildman–Crippen MR) is 76.4 cm³/mol. The summed E-state index contributed by atoms with van der Waals surface area (Å²) in [6, 6.07) is 7.07. The van der Waals surface area contributed by atoms with E-state index in [-0.39, 0.29) is 5.91 Å². The van der Waals surface area contributed by atoms with E-state index in [0.717, 1.165) is 11.0 Å². The van der Waals surface area contributed by atoms with Crippen molar-refractivity contribution in [1.29, 1.82) is 0 Å². The van der Waals surface area contributed by atoms with E-state index in [1.54, 1.807) is 23.5 Å². The van der Waals surface area contributed by atoms with Gasteiger partial charge in [0.1, 0.15) is 5.69 Å². The van der Waals surface area contributed by atoms with Crippen molar-refractivity contribution in [2.24, 2.45) is 0 Å². The monoisotopic (exact) mass is 288 g/mol. The van der Waals surface area contributed by atoms with Crippen LogP contribution in [0.15, 0.2) is 41.9 Å². The Morgan fingerprint density at radius 3 is 2.80 bits per heavy atom. The molecule has 0 atom stereocenters. The van der Waals surface area contributed by atoms with E-state index in [0.29, 0.717) is 17.8 Å². The highest BCUT2D eigenvalue weighted by molar-refractivity contribution is 7.09. The van der Waals surface area contributed by atoms with Crippen molar-refractivity contribution in [2.45, 2.75) is 6.54 Å². The van der Waals surface area contributed by atoms with Crippen molar-refractivity contribution in [3.63, 3.8) is 0 Å². The lowest BCUT2D eigenvalue weighted by atomic mass is 10.2. The van der Waals surface area contributed by atoms with E-state index in [2.05, 4.69) is 10.3 Å². The van der Waals surface area contributed by atoms with Crippen LogP contribution in [0.1, 0.15) is 20.9 Å². The van der Waals surface area contributed by atoms with Crippen LogP contribution in [0.25, 0.3) is 6.08 Å². The number of carboxylic acids is 1. The molecule has 0 saturated heterocycles. The largest absolute Gasteiger partial charge is 0.478 e. The van der Waals surface area contributed by atoms with Crippen LogP contribution in [0.5, 0.6) is 0 Å². The van der Waals surface area contributed by atoms with Gasteiger partial charge in [-0.2, -0.15) is 0 Å². The van der Waals surface area contributed by atoms with Gasteiger partial charge < -0.3 is 10.4 Å². The molecule has 0 aliphatic rings. The second-order valence-electron chi connectivity index (χ2n) is 3.91. The van der Waals surface area contributed by atoms with Crippen LogP contribution >= 0.6 is 11.3 Å². The van der Waals surface area contributed by atoms with Gasteiger partial charge in [-0.25, -0.2) is 4.79 Å². The normalized spacial score (nSPS) is 10.6. The number of rotatable bonds is 5. The molecule has 0 saturated carbocycles. The maximum Gasteiger partial charge on any atom is 0.328 e. The van der Waals surface area contributed by atoms with Crippen LogP contribution < -0.4 is 5.32 Å². The Labute approximate surface area is 119 Å². The van der Waals surface area contributed by atoms with Gasteiger partial charge in [0, 0.05) is 17.2 Å². The third-order valence-electron chi connectivity index (χ3n) is 2.44. The number of aromatic nitrogens is 1. The molecule has 0 spiro atoms. The van der Waals surface area contributed by atoms with Crippen molar-refractivity contribution < 1.29 is 14.7 Å². The molecule has 0 radical (unpaired) electrons. The molecule has 0 aromatic carbocycles. The van der Waals surface area contributed by atoms with E-state index < -0.39 is 5.97 Å². The van der Waals surface area contributed by atoms with Gasteiger partial charge in [0.15, 0.2) is 0 Å². The number of carboxylic acid groups (broad SMARTS) is 1. The molecule has 2 N–H and O–H groups in total. The van der Waals surface area contributed by atoms with E-state index >= 15 is 0 Å². The van der Waals surface area contributed by atoms with Crippen LogP contribution in [-0.2, 0) is 11.3 Å². The molecule has 0 unspecified atom stereocenters. The molecule has 1 amide bonds. The van der Waals surface area contributed by atoms with Gasteiger partial charge in [-0.1, -0.05) is 12.1 Å². The summed E-state index contributed by atoms with van der Waals surface area (Å²) in [5.74, 6) is -1.28. The summed E-state index contributed by atoms with van der Waals surface area (Å²) >= 11 is 1.57. The molecule has 20 heavy (non-hydrogen) atoms. The van der Waals surface area contributed by atoms with E-state index in [4.69, 9.17) is 5.11 Å². The minimum absolute atomic E-state index is 0.257. The number of aliphatic carboxylic acids is 1. The number of hydrogen-bond acceptors (Lipinski definition) is 4. The Balaban J connectivity index is 1.95. The second kappa shape index (κ2) is 6.63. The molecule has 0 bridgehead atoms. The SMILES string of the molecule is O=C(O)C=Cc1ccc(C(=O)NCc2cccs2)nc1. The first-order chi connectivity index (χ1) is 9.65. The summed E-state index contributed by atoms with van der Waals surface area (Å²) in [5, 5.41) is 13.2. The maximum absolute atomic E-state index is 11.8. The quantitative estimate of drug-likeness (QED) is 0.826. The Hall–Kier alpha value is -2.47. The van der Waals surface area contributed by atoms with Crippen LogP contribution in [0.2, 0.25) is 0 Å². The van der Waals surface area contributed by atoms with Crippen molar-refractivity contribution >= 4 is 29.3 Å². The number of pyridine rings is 1. The topological polar surface area (TPSA) is 79.3 Å². The average Bonchev–Trinajstić information content (AvgIpc) is 2.96. The van der Waals surface area contributed by atoms with Crippen LogP contribution in [-0.4, -0.2) is 22.0 Å². The third kappa shape index (κ3) is 4.03. The Morgan fingerprint density at radius 1 is 1.35 bits per heavy atom. The predicted octanol–water partition coefficient (Wildman–Crippen LogP) is 2.17. The molecule has 0 fully saturated rings. The fourth-order valence-electron chi connectivity index (χ4n) is 1.48. The van der Waals surface area contributed by atoms with Gasteiger partial charge in [-0.05, 0) is 29.2 Å².